The highest BCUT2D eigenvalue weighted by Crippen LogP contribution is 2.26. The number of carbonyl (C=O) groups excluding carboxylic acids is 1. The Morgan fingerprint density at radius 2 is 2.04 bits per heavy atom. The van der Waals surface area contributed by atoms with Gasteiger partial charge >= 0.3 is 0 Å². The Labute approximate surface area is 164 Å². The van der Waals surface area contributed by atoms with Gasteiger partial charge in [0.15, 0.2) is 5.11 Å². The molecule has 7 nitrogen and oxygen atoms in total. The minimum atomic E-state index is -0.513. The second kappa shape index (κ2) is 8.72. The maximum Gasteiger partial charge on any atom is 0.292 e. The molecule has 0 saturated carbocycles. The Balaban J connectivity index is 2.17. The van der Waals surface area contributed by atoms with Crippen LogP contribution in [0, 0.1) is 17.0 Å². The first-order chi connectivity index (χ1) is 12.3. The van der Waals surface area contributed by atoms with Crippen LogP contribution in [-0.2, 0) is 0 Å². The summed E-state index contributed by atoms with van der Waals surface area (Å²) in [6.07, 6.45) is 0. The Kier molecular flexibility index (Phi) is 6.64. The van der Waals surface area contributed by atoms with E-state index in [-0.39, 0.29) is 16.5 Å². The van der Waals surface area contributed by atoms with E-state index in [4.69, 9.17) is 17.0 Å². The van der Waals surface area contributed by atoms with Crippen LogP contribution < -0.4 is 15.4 Å². The van der Waals surface area contributed by atoms with E-state index in [2.05, 4.69) is 26.6 Å². The van der Waals surface area contributed by atoms with E-state index in [0.29, 0.717) is 22.4 Å². The molecule has 0 saturated heterocycles. The van der Waals surface area contributed by atoms with Gasteiger partial charge in [0, 0.05) is 10.5 Å². The molecule has 0 aliphatic rings. The summed E-state index contributed by atoms with van der Waals surface area (Å²) >= 11 is 8.42. The molecular formula is C17H16BrN3O4S. The molecule has 0 aromatic heterocycles. The van der Waals surface area contributed by atoms with Crippen LogP contribution in [0.2, 0.25) is 0 Å². The molecule has 2 aromatic rings. The molecule has 9 heteroatoms. The number of anilines is 1. The topological polar surface area (TPSA) is 93.5 Å². The van der Waals surface area contributed by atoms with Crippen molar-refractivity contribution in [3.8, 4) is 5.75 Å². The van der Waals surface area contributed by atoms with Crippen molar-refractivity contribution in [1.29, 1.82) is 0 Å². The lowest BCUT2D eigenvalue weighted by molar-refractivity contribution is -0.383. The van der Waals surface area contributed by atoms with Crippen molar-refractivity contribution in [2.24, 2.45) is 0 Å². The quantitative estimate of drug-likeness (QED) is 0.413. The largest absolute Gasteiger partial charge is 0.493 e. The maximum absolute atomic E-state index is 12.5. The molecular weight excluding hydrogens is 422 g/mol. The number of carbonyl (C=O) groups is 1. The number of nitro benzene ring substituents is 1. The molecule has 0 heterocycles. The fraction of sp³-hybridized carbons (Fsp3) is 0.176. The molecule has 1 amide bonds. The number of hydrogen-bond donors (Lipinski definition) is 2. The second-order valence-corrected chi connectivity index (χ2v) is 6.58. The zero-order valence-corrected chi connectivity index (χ0v) is 16.4. The van der Waals surface area contributed by atoms with Gasteiger partial charge < -0.3 is 10.1 Å². The van der Waals surface area contributed by atoms with E-state index >= 15 is 0 Å². The number of hydrogen-bond acceptors (Lipinski definition) is 5. The highest BCUT2D eigenvalue weighted by Gasteiger charge is 2.18. The van der Waals surface area contributed by atoms with Crippen LogP contribution in [0.15, 0.2) is 40.9 Å². The minimum absolute atomic E-state index is 0.0515. The summed E-state index contributed by atoms with van der Waals surface area (Å²) in [4.78, 5) is 23.1. The standard InChI is InChI=1S/C17H16BrN3O4S/c1-3-25-15-7-5-11(18)9-12(15)16(22)20-17(26)19-13-6-4-10(2)8-14(13)21(23)24/h4-9H,3H2,1-2H3,(H2,19,20,22,26). The summed E-state index contributed by atoms with van der Waals surface area (Å²) in [5, 5.41) is 16.3. The number of amides is 1. The van der Waals surface area contributed by atoms with Gasteiger partial charge in [0.2, 0.25) is 0 Å². The first-order valence-corrected chi connectivity index (χ1v) is 8.81. The number of rotatable bonds is 5. The van der Waals surface area contributed by atoms with Crippen LogP contribution in [0.3, 0.4) is 0 Å². The molecule has 0 radical (unpaired) electrons. The van der Waals surface area contributed by atoms with Crippen molar-refractivity contribution in [1.82, 2.24) is 5.32 Å². The number of benzene rings is 2. The Bertz CT molecular complexity index is 873. The number of halogens is 1. The zero-order chi connectivity index (χ0) is 19.3. The van der Waals surface area contributed by atoms with E-state index < -0.39 is 10.8 Å². The van der Waals surface area contributed by atoms with Gasteiger partial charge in [0.05, 0.1) is 17.1 Å². The van der Waals surface area contributed by atoms with Crippen molar-refractivity contribution in [3.05, 3.63) is 62.1 Å². The van der Waals surface area contributed by atoms with E-state index in [1.54, 1.807) is 31.2 Å². The number of nitrogens with one attached hydrogen (secondary N) is 2. The second-order valence-electron chi connectivity index (χ2n) is 5.26. The lowest BCUT2D eigenvalue weighted by Crippen LogP contribution is -2.34. The molecule has 2 rings (SSSR count). The van der Waals surface area contributed by atoms with Crippen molar-refractivity contribution in [2.75, 3.05) is 11.9 Å². The smallest absolute Gasteiger partial charge is 0.292 e. The average molecular weight is 438 g/mol. The van der Waals surface area contributed by atoms with Gasteiger partial charge in [-0.1, -0.05) is 22.0 Å². The van der Waals surface area contributed by atoms with E-state index in [1.807, 2.05) is 6.92 Å². The molecule has 26 heavy (non-hydrogen) atoms. The van der Waals surface area contributed by atoms with E-state index in [1.165, 1.54) is 12.1 Å². The zero-order valence-electron chi connectivity index (χ0n) is 14.0. The minimum Gasteiger partial charge on any atom is -0.493 e. The first-order valence-electron chi connectivity index (χ1n) is 7.61. The lowest BCUT2D eigenvalue weighted by atomic mass is 10.2. The molecule has 0 bridgehead atoms. The summed E-state index contributed by atoms with van der Waals surface area (Å²) in [5.74, 6) is -0.0701. The third-order valence-electron chi connectivity index (χ3n) is 3.31. The van der Waals surface area contributed by atoms with Crippen molar-refractivity contribution >= 4 is 50.5 Å². The normalized spacial score (nSPS) is 10.1. The number of aryl methyl sites for hydroxylation is 1. The molecule has 0 atom stereocenters. The molecule has 2 N–H and O–H groups in total. The number of ether oxygens (including phenoxy) is 1. The predicted molar refractivity (Wildman–Crippen MR) is 107 cm³/mol. The molecule has 2 aromatic carbocycles. The van der Waals surface area contributed by atoms with Gasteiger partial charge in [-0.25, -0.2) is 0 Å². The molecule has 0 fully saturated rings. The van der Waals surface area contributed by atoms with Gasteiger partial charge in [-0.05, 0) is 55.9 Å². The number of thiocarbonyl (C=S) groups is 1. The van der Waals surface area contributed by atoms with E-state index in [0.717, 1.165) is 5.56 Å². The molecule has 0 spiro atoms. The fourth-order valence-corrected chi connectivity index (χ4v) is 2.75. The number of nitro groups is 1. The molecule has 0 unspecified atom stereocenters. The Morgan fingerprint density at radius 1 is 1.31 bits per heavy atom. The van der Waals surface area contributed by atoms with Crippen molar-refractivity contribution in [2.45, 2.75) is 13.8 Å². The van der Waals surface area contributed by atoms with Gasteiger partial charge in [-0.3, -0.25) is 20.2 Å². The van der Waals surface area contributed by atoms with Crippen molar-refractivity contribution < 1.29 is 14.5 Å². The van der Waals surface area contributed by atoms with Crippen LogP contribution in [0.4, 0.5) is 11.4 Å². The van der Waals surface area contributed by atoms with Crippen LogP contribution >= 0.6 is 28.1 Å². The van der Waals surface area contributed by atoms with Crippen LogP contribution in [0.5, 0.6) is 5.75 Å². The molecule has 0 aliphatic heterocycles. The SMILES string of the molecule is CCOc1ccc(Br)cc1C(=O)NC(=S)Nc1ccc(C)cc1[N+](=O)[O-]. The van der Waals surface area contributed by atoms with Gasteiger partial charge in [0.25, 0.3) is 11.6 Å². The van der Waals surface area contributed by atoms with Gasteiger partial charge in [-0.15, -0.1) is 0 Å². The molecule has 136 valence electrons. The highest BCUT2D eigenvalue weighted by atomic mass is 79.9. The third-order valence-corrected chi connectivity index (χ3v) is 4.01. The summed E-state index contributed by atoms with van der Waals surface area (Å²) in [7, 11) is 0. The van der Waals surface area contributed by atoms with Gasteiger partial charge in [0.1, 0.15) is 11.4 Å². The average Bonchev–Trinajstić information content (AvgIpc) is 2.58. The molecule has 0 aliphatic carbocycles. The maximum atomic E-state index is 12.5. The first kappa shape index (κ1) is 19.8. The lowest BCUT2D eigenvalue weighted by Gasteiger charge is -2.13. The Hall–Kier alpha value is -2.52. The van der Waals surface area contributed by atoms with Gasteiger partial charge in [-0.2, -0.15) is 0 Å². The fourth-order valence-electron chi connectivity index (χ4n) is 2.18. The predicted octanol–water partition coefficient (Wildman–Crippen LogP) is 4.19. The van der Waals surface area contributed by atoms with Crippen LogP contribution in [0.25, 0.3) is 0 Å². The summed E-state index contributed by atoms with van der Waals surface area (Å²) in [6, 6.07) is 9.71. The van der Waals surface area contributed by atoms with Crippen molar-refractivity contribution in [3.63, 3.8) is 0 Å². The van der Waals surface area contributed by atoms with Crippen LogP contribution in [0.1, 0.15) is 22.8 Å². The summed E-state index contributed by atoms with van der Waals surface area (Å²) in [5.41, 5.74) is 1.11. The third kappa shape index (κ3) is 4.99. The monoisotopic (exact) mass is 437 g/mol. The highest BCUT2D eigenvalue weighted by molar-refractivity contribution is 9.10. The van der Waals surface area contributed by atoms with Crippen LogP contribution in [-0.4, -0.2) is 22.5 Å². The summed E-state index contributed by atoms with van der Waals surface area (Å²) in [6.45, 7) is 3.96. The Morgan fingerprint density at radius 3 is 2.69 bits per heavy atom. The number of nitrogens with zero attached hydrogens (tertiary/aromatic N) is 1. The summed E-state index contributed by atoms with van der Waals surface area (Å²) < 4.78 is 6.15. The van der Waals surface area contributed by atoms with E-state index in [9.17, 15) is 14.9 Å².